The van der Waals surface area contributed by atoms with Crippen molar-refractivity contribution in [2.75, 3.05) is 5.75 Å². The van der Waals surface area contributed by atoms with Crippen molar-refractivity contribution < 1.29 is 14.3 Å². The fourth-order valence-corrected chi connectivity index (χ4v) is 2.46. The molecular weight excluding hydrogens is 255 g/mol. The van der Waals surface area contributed by atoms with Gasteiger partial charge in [-0.2, -0.15) is 0 Å². The van der Waals surface area contributed by atoms with E-state index in [1.165, 1.54) is 24.8 Å². The second-order valence-corrected chi connectivity index (χ2v) is 5.04. The molecule has 1 aromatic carbocycles. The number of carbonyl (C=O) groups is 1. The largest absolute Gasteiger partial charge is 0.478 e. The molecule has 6 heteroatoms. The van der Waals surface area contributed by atoms with Crippen LogP contribution in [0.15, 0.2) is 23.4 Å². The van der Waals surface area contributed by atoms with E-state index < -0.39 is 12.1 Å². The minimum atomic E-state index is -0.978. The highest BCUT2D eigenvalue weighted by Gasteiger charge is 2.12. The van der Waals surface area contributed by atoms with Crippen molar-refractivity contribution in [2.24, 2.45) is 7.05 Å². The Bertz CT molecular complexity index is 595. The van der Waals surface area contributed by atoms with Crippen LogP contribution >= 0.6 is 11.8 Å². The number of aromatic nitrogens is 2. The van der Waals surface area contributed by atoms with E-state index >= 15 is 0 Å². The average molecular weight is 268 g/mol. The van der Waals surface area contributed by atoms with Crippen molar-refractivity contribution in [1.29, 1.82) is 0 Å². The molecule has 2 rings (SSSR count). The molecule has 2 aromatic rings. The topological polar surface area (TPSA) is 55.1 Å². The van der Waals surface area contributed by atoms with Gasteiger partial charge in [0.25, 0.3) is 0 Å². The first-order valence-electron chi connectivity index (χ1n) is 5.45. The summed E-state index contributed by atoms with van der Waals surface area (Å²) in [6.45, 7) is 1.50. The predicted molar refractivity (Wildman–Crippen MR) is 69.0 cm³/mol. The van der Waals surface area contributed by atoms with E-state index in [1.54, 1.807) is 12.1 Å². The van der Waals surface area contributed by atoms with Crippen molar-refractivity contribution in [1.82, 2.24) is 9.55 Å². The third-order valence-corrected chi connectivity index (χ3v) is 3.78. The third-order valence-electron chi connectivity index (χ3n) is 2.53. The number of carboxylic acids is 1. The molecule has 0 spiro atoms. The molecule has 1 atom stereocenters. The molecule has 18 heavy (non-hydrogen) atoms. The van der Waals surface area contributed by atoms with Crippen LogP contribution in [0, 0.1) is 0 Å². The van der Waals surface area contributed by atoms with Crippen LogP contribution in [0.25, 0.3) is 11.0 Å². The Morgan fingerprint density at radius 3 is 2.94 bits per heavy atom. The molecule has 96 valence electrons. The molecule has 0 aliphatic heterocycles. The summed E-state index contributed by atoms with van der Waals surface area (Å²) >= 11 is 1.32. The number of alkyl halides is 1. The second kappa shape index (κ2) is 4.97. The highest BCUT2D eigenvalue weighted by atomic mass is 32.2. The molecule has 0 saturated carbocycles. The van der Waals surface area contributed by atoms with E-state index in [0.29, 0.717) is 16.4 Å². The maximum atomic E-state index is 12.8. The summed E-state index contributed by atoms with van der Waals surface area (Å²) in [7, 11) is 1.83. The van der Waals surface area contributed by atoms with Crippen LogP contribution in [0.4, 0.5) is 4.39 Å². The van der Waals surface area contributed by atoms with E-state index in [1.807, 2.05) is 11.6 Å². The van der Waals surface area contributed by atoms with E-state index in [-0.39, 0.29) is 5.56 Å². The van der Waals surface area contributed by atoms with Gasteiger partial charge in [-0.25, -0.2) is 14.2 Å². The number of imidazole rings is 1. The normalized spacial score (nSPS) is 12.8. The van der Waals surface area contributed by atoms with Gasteiger partial charge in [0.1, 0.15) is 6.17 Å². The van der Waals surface area contributed by atoms with Crippen molar-refractivity contribution >= 4 is 28.8 Å². The molecule has 0 fully saturated rings. The zero-order valence-corrected chi connectivity index (χ0v) is 10.9. The van der Waals surface area contributed by atoms with E-state index in [0.717, 1.165) is 5.52 Å². The van der Waals surface area contributed by atoms with Gasteiger partial charge in [0.2, 0.25) is 0 Å². The van der Waals surface area contributed by atoms with Crippen LogP contribution in [-0.4, -0.2) is 32.6 Å². The quantitative estimate of drug-likeness (QED) is 0.866. The zero-order valence-electron chi connectivity index (χ0n) is 10.1. The standard InChI is InChI=1S/C12H13FN2O2S/c1-7(13)6-18-12-14-9-5-8(11(16)17)3-4-10(9)15(12)2/h3-5,7H,6H2,1-2H3,(H,16,17). The van der Waals surface area contributed by atoms with Crippen molar-refractivity contribution in [3.63, 3.8) is 0 Å². The maximum absolute atomic E-state index is 12.8. The summed E-state index contributed by atoms with van der Waals surface area (Å²) < 4.78 is 14.6. The summed E-state index contributed by atoms with van der Waals surface area (Å²) in [6.07, 6.45) is -0.899. The molecule has 1 N–H and O–H groups in total. The number of fused-ring (bicyclic) bond motifs is 1. The van der Waals surface area contributed by atoms with Gasteiger partial charge in [0.05, 0.1) is 16.6 Å². The molecule has 0 bridgehead atoms. The number of hydrogen-bond acceptors (Lipinski definition) is 3. The van der Waals surface area contributed by atoms with Crippen LogP contribution in [-0.2, 0) is 7.05 Å². The Balaban J connectivity index is 2.39. The van der Waals surface area contributed by atoms with Crippen LogP contribution in [0.2, 0.25) is 0 Å². The minimum Gasteiger partial charge on any atom is -0.478 e. The molecule has 0 aliphatic rings. The zero-order chi connectivity index (χ0) is 13.3. The minimum absolute atomic E-state index is 0.205. The van der Waals surface area contributed by atoms with Gasteiger partial charge in [-0.05, 0) is 25.1 Å². The fourth-order valence-electron chi connectivity index (χ4n) is 1.63. The average Bonchev–Trinajstić information content (AvgIpc) is 2.63. The lowest BCUT2D eigenvalue weighted by Crippen LogP contribution is -1.98. The number of halogens is 1. The Kier molecular flexibility index (Phi) is 3.56. The molecule has 1 aromatic heterocycles. The van der Waals surface area contributed by atoms with Crippen LogP contribution in [0.3, 0.4) is 0 Å². The third kappa shape index (κ3) is 2.48. The first kappa shape index (κ1) is 12.9. The molecule has 0 radical (unpaired) electrons. The highest BCUT2D eigenvalue weighted by molar-refractivity contribution is 7.99. The van der Waals surface area contributed by atoms with E-state index in [2.05, 4.69) is 4.98 Å². The van der Waals surface area contributed by atoms with Gasteiger partial charge >= 0.3 is 5.97 Å². The fraction of sp³-hybridized carbons (Fsp3) is 0.333. The van der Waals surface area contributed by atoms with Crippen molar-refractivity contribution in [2.45, 2.75) is 18.3 Å². The number of rotatable bonds is 4. The number of nitrogens with zero attached hydrogens (tertiary/aromatic N) is 2. The molecule has 0 amide bonds. The monoisotopic (exact) mass is 268 g/mol. The maximum Gasteiger partial charge on any atom is 0.335 e. The SMILES string of the molecule is CC(F)CSc1nc2cc(C(=O)O)ccc2n1C. The lowest BCUT2D eigenvalue weighted by atomic mass is 10.2. The van der Waals surface area contributed by atoms with Gasteiger partial charge in [-0.3, -0.25) is 0 Å². The molecule has 1 unspecified atom stereocenters. The summed E-state index contributed by atoms with van der Waals surface area (Å²) in [5.74, 6) is -0.641. The van der Waals surface area contributed by atoms with E-state index in [9.17, 15) is 9.18 Å². The lowest BCUT2D eigenvalue weighted by molar-refractivity contribution is 0.0697. The highest BCUT2D eigenvalue weighted by Crippen LogP contribution is 2.24. The molecular formula is C12H13FN2O2S. The first-order valence-corrected chi connectivity index (χ1v) is 6.44. The summed E-state index contributed by atoms with van der Waals surface area (Å²) in [6, 6.07) is 4.79. The first-order chi connectivity index (χ1) is 8.49. The Morgan fingerprint density at radius 1 is 1.61 bits per heavy atom. The van der Waals surface area contributed by atoms with Gasteiger partial charge < -0.3 is 9.67 Å². The summed E-state index contributed by atoms with van der Waals surface area (Å²) in [4.78, 5) is 15.2. The number of thioether (sulfide) groups is 1. The molecule has 0 saturated heterocycles. The molecule has 4 nitrogen and oxygen atoms in total. The number of aromatic carboxylic acids is 1. The van der Waals surface area contributed by atoms with Crippen LogP contribution < -0.4 is 0 Å². The Labute approximate surface area is 108 Å². The van der Waals surface area contributed by atoms with Gasteiger partial charge in [-0.1, -0.05) is 11.8 Å². The van der Waals surface area contributed by atoms with Crippen LogP contribution in [0.5, 0.6) is 0 Å². The molecule has 0 aliphatic carbocycles. The van der Waals surface area contributed by atoms with Gasteiger partial charge in [0.15, 0.2) is 5.16 Å². The van der Waals surface area contributed by atoms with E-state index in [4.69, 9.17) is 5.11 Å². The predicted octanol–water partition coefficient (Wildman–Crippen LogP) is 2.72. The number of benzene rings is 1. The number of carboxylic acid groups (broad SMARTS) is 1. The number of aryl methyl sites for hydroxylation is 1. The van der Waals surface area contributed by atoms with Crippen molar-refractivity contribution in [3.05, 3.63) is 23.8 Å². The van der Waals surface area contributed by atoms with Crippen molar-refractivity contribution in [3.8, 4) is 0 Å². The Hall–Kier alpha value is -1.56. The number of hydrogen-bond donors (Lipinski definition) is 1. The Morgan fingerprint density at radius 2 is 2.33 bits per heavy atom. The summed E-state index contributed by atoms with van der Waals surface area (Å²) in [5.41, 5.74) is 1.66. The van der Waals surface area contributed by atoms with Gasteiger partial charge in [-0.15, -0.1) is 0 Å². The van der Waals surface area contributed by atoms with Crippen LogP contribution in [0.1, 0.15) is 17.3 Å². The smallest absolute Gasteiger partial charge is 0.335 e. The van der Waals surface area contributed by atoms with Gasteiger partial charge in [0, 0.05) is 12.8 Å². The lowest BCUT2D eigenvalue weighted by Gasteiger charge is -2.02. The second-order valence-electron chi connectivity index (χ2n) is 4.05. The molecule has 1 heterocycles. The summed E-state index contributed by atoms with van der Waals surface area (Å²) in [5, 5.41) is 9.60.